The summed E-state index contributed by atoms with van der Waals surface area (Å²) in [5.41, 5.74) is 1.59. The molecular formula is C20H23N5O2. The van der Waals surface area contributed by atoms with Crippen molar-refractivity contribution < 1.29 is 9.47 Å². The zero-order chi connectivity index (χ0) is 19.1. The lowest BCUT2D eigenvalue weighted by atomic mass is 10.3. The minimum atomic E-state index is 0.0649. The fourth-order valence-corrected chi connectivity index (χ4v) is 2.45. The summed E-state index contributed by atoms with van der Waals surface area (Å²) in [5.74, 6) is 2.41. The van der Waals surface area contributed by atoms with Gasteiger partial charge in [-0.05, 0) is 45.0 Å². The van der Waals surface area contributed by atoms with Gasteiger partial charge >= 0.3 is 0 Å². The molecule has 1 heterocycles. The van der Waals surface area contributed by atoms with Crippen LogP contribution in [0.15, 0.2) is 54.7 Å². The van der Waals surface area contributed by atoms with Gasteiger partial charge in [0, 0.05) is 0 Å². The van der Waals surface area contributed by atoms with E-state index in [1.54, 1.807) is 6.20 Å². The lowest BCUT2D eigenvalue weighted by Gasteiger charge is -2.15. The SMILES string of the molecule is CCOc1ccccc1Nc1cnnc(Nc2ccccc2OC(C)C)n1. The van der Waals surface area contributed by atoms with Crippen LogP contribution in [0.3, 0.4) is 0 Å². The third kappa shape index (κ3) is 5.07. The van der Waals surface area contributed by atoms with Crippen molar-refractivity contribution in [3.63, 3.8) is 0 Å². The van der Waals surface area contributed by atoms with Crippen LogP contribution in [0.4, 0.5) is 23.1 Å². The third-order valence-corrected chi connectivity index (χ3v) is 3.50. The molecule has 0 radical (unpaired) electrons. The van der Waals surface area contributed by atoms with Crippen LogP contribution in [0, 0.1) is 0 Å². The number of nitrogens with zero attached hydrogens (tertiary/aromatic N) is 3. The molecule has 7 heteroatoms. The van der Waals surface area contributed by atoms with Crippen LogP contribution in [-0.4, -0.2) is 27.9 Å². The highest BCUT2D eigenvalue weighted by Gasteiger charge is 2.09. The van der Waals surface area contributed by atoms with Crippen molar-refractivity contribution in [2.45, 2.75) is 26.9 Å². The van der Waals surface area contributed by atoms with Gasteiger partial charge in [0.25, 0.3) is 0 Å². The molecule has 0 aliphatic carbocycles. The number of hydrogen-bond donors (Lipinski definition) is 2. The molecule has 0 unspecified atom stereocenters. The zero-order valence-electron chi connectivity index (χ0n) is 15.6. The van der Waals surface area contributed by atoms with E-state index in [1.165, 1.54) is 0 Å². The largest absolute Gasteiger partial charge is 0.492 e. The molecule has 0 aliphatic rings. The van der Waals surface area contributed by atoms with Gasteiger partial charge in [-0.1, -0.05) is 24.3 Å². The number of para-hydroxylation sites is 4. The number of rotatable bonds is 8. The first kappa shape index (κ1) is 18.4. The molecule has 0 bridgehead atoms. The first-order valence-electron chi connectivity index (χ1n) is 8.87. The quantitative estimate of drug-likeness (QED) is 0.606. The number of benzene rings is 2. The van der Waals surface area contributed by atoms with Crippen LogP contribution in [0.25, 0.3) is 0 Å². The van der Waals surface area contributed by atoms with E-state index in [4.69, 9.17) is 9.47 Å². The van der Waals surface area contributed by atoms with E-state index >= 15 is 0 Å². The molecule has 0 aliphatic heterocycles. The van der Waals surface area contributed by atoms with Crippen molar-refractivity contribution in [1.29, 1.82) is 0 Å². The van der Waals surface area contributed by atoms with Gasteiger partial charge in [-0.25, -0.2) is 0 Å². The summed E-state index contributed by atoms with van der Waals surface area (Å²) >= 11 is 0. The Kier molecular flexibility index (Phi) is 6.04. The lowest BCUT2D eigenvalue weighted by molar-refractivity contribution is 0.244. The molecule has 2 N–H and O–H groups in total. The predicted octanol–water partition coefficient (Wildman–Crippen LogP) is 4.54. The Hall–Kier alpha value is -3.35. The number of ether oxygens (including phenoxy) is 2. The summed E-state index contributed by atoms with van der Waals surface area (Å²) in [6.07, 6.45) is 1.62. The second kappa shape index (κ2) is 8.84. The van der Waals surface area contributed by atoms with Gasteiger partial charge in [-0.2, -0.15) is 10.1 Å². The van der Waals surface area contributed by atoms with Crippen LogP contribution in [0.1, 0.15) is 20.8 Å². The molecule has 3 aromatic rings. The maximum atomic E-state index is 5.82. The van der Waals surface area contributed by atoms with Gasteiger partial charge in [0.05, 0.1) is 30.3 Å². The third-order valence-electron chi connectivity index (χ3n) is 3.50. The topological polar surface area (TPSA) is 81.2 Å². The molecule has 0 spiro atoms. The Labute approximate surface area is 158 Å². The minimum Gasteiger partial charge on any atom is -0.492 e. The molecule has 0 saturated heterocycles. The van der Waals surface area contributed by atoms with Gasteiger partial charge in [0.15, 0.2) is 5.82 Å². The smallest absolute Gasteiger partial charge is 0.249 e. The molecule has 1 aromatic heterocycles. The Morgan fingerprint density at radius 3 is 2.30 bits per heavy atom. The average Bonchev–Trinajstić information content (AvgIpc) is 2.65. The number of hydrogen-bond acceptors (Lipinski definition) is 7. The Morgan fingerprint density at radius 2 is 1.59 bits per heavy atom. The monoisotopic (exact) mass is 365 g/mol. The van der Waals surface area contributed by atoms with Crippen molar-refractivity contribution >= 4 is 23.1 Å². The van der Waals surface area contributed by atoms with Crippen LogP contribution in [0.5, 0.6) is 11.5 Å². The van der Waals surface area contributed by atoms with Crippen LogP contribution in [-0.2, 0) is 0 Å². The molecule has 0 saturated carbocycles. The summed E-state index contributed by atoms with van der Waals surface area (Å²) in [5, 5.41) is 14.5. The molecule has 7 nitrogen and oxygen atoms in total. The summed E-state index contributed by atoms with van der Waals surface area (Å²) < 4.78 is 11.4. The van der Waals surface area contributed by atoms with E-state index in [0.29, 0.717) is 18.4 Å². The number of nitrogens with one attached hydrogen (secondary N) is 2. The molecule has 27 heavy (non-hydrogen) atoms. The van der Waals surface area contributed by atoms with E-state index in [1.807, 2.05) is 69.3 Å². The van der Waals surface area contributed by atoms with Crippen molar-refractivity contribution in [2.24, 2.45) is 0 Å². The summed E-state index contributed by atoms with van der Waals surface area (Å²) in [7, 11) is 0. The van der Waals surface area contributed by atoms with Crippen molar-refractivity contribution in [2.75, 3.05) is 17.2 Å². The molecule has 0 atom stereocenters. The maximum absolute atomic E-state index is 5.82. The second-order valence-corrected chi connectivity index (χ2v) is 6.01. The molecule has 140 valence electrons. The fraction of sp³-hybridized carbons (Fsp3) is 0.250. The molecule has 0 fully saturated rings. The van der Waals surface area contributed by atoms with E-state index in [9.17, 15) is 0 Å². The fourth-order valence-electron chi connectivity index (χ4n) is 2.45. The molecule has 2 aromatic carbocycles. The predicted molar refractivity (Wildman–Crippen MR) is 106 cm³/mol. The Bertz CT molecular complexity index is 886. The first-order valence-corrected chi connectivity index (χ1v) is 8.87. The van der Waals surface area contributed by atoms with Crippen LogP contribution in [0.2, 0.25) is 0 Å². The number of anilines is 4. The molecular weight excluding hydrogens is 342 g/mol. The van der Waals surface area contributed by atoms with E-state index in [-0.39, 0.29) is 6.10 Å². The first-order chi connectivity index (χ1) is 13.2. The van der Waals surface area contributed by atoms with Crippen molar-refractivity contribution in [3.05, 3.63) is 54.7 Å². The van der Waals surface area contributed by atoms with E-state index in [0.717, 1.165) is 22.9 Å². The Morgan fingerprint density at radius 1 is 0.926 bits per heavy atom. The van der Waals surface area contributed by atoms with Gasteiger partial charge in [-0.3, -0.25) is 0 Å². The highest BCUT2D eigenvalue weighted by atomic mass is 16.5. The van der Waals surface area contributed by atoms with Gasteiger partial charge in [0.2, 0.25) is 5.95 Å². The molecule has 3 rings (SSSR count). The van der Waals surface area contributed by atoms with Crippen LogP contribution >= 0.6 is 0 Å². The van der Waals surface area contributed by atoms with Crippen LogP contribution < -0.4 is 20.1 Å². The summed E-state index contributed by atoms with van der Waals surface area (Å²) in [6.45, 7) is 6.49. The molecule has 0 amide bonds. The maximum Gasteiger partial charge on any atom is 0.249 e. The second-order valence-electron chi connectivity index (χ2n) is 6.01. The average molecular weight is 365 g/mol. The summed E-state index contributed by atoms with van der Waals surface area (Å²) in [4.78, 5) is 4.48. The normalized spacial score (nSPS) is 10.5. The van der Waals surface area contributed by atoms with Gasteiger partial charge in [-0.15, -0.1) is 5.10 Å². The summed E-state index contributed by atoms with van der Waals surface area (Å²) in [6, 6.07) is 15.3. The van der Waals surface area contributed by atoms with Gasteiger partial charge in [0.1, 0.15) is 11.5 Å². The van der Waals surface area contributed by atoms with E-state index < -0.39 is 0 Å². The van der Waals surface area contributed by atoms with Gasteiger partial charge < -0.3 is 20.1 Å². The van der Waals surface area contributed by atoms with Crippen molar-refractivity contribution in [3.8, 4) is 11.5 Å². The minimum absolute atomic E-state index is 0.0649. The number of aromatic nitrogens is 3. The lowest BCUT2D eigenvalue weighted by Crippen LogP contribution is -2.08. The van der Waals surface area contributed by atoms with Crippen molar-refractivity contribution in [1.82, 2.24) is 15.2 Å². The highest BCUT2D eigenvalue weighted by molar-refractivity contribution is 5.66. The highest BCUT2D eigenvalue weighted by Crippen LogP contribution is 2.29. The zero-order valence-corrected chi connectivity index (χ0v) is 15.6. The van der Waals surface area contributed by atoms with E-state index in [2.05, 4.69) is 25.8 Å². The Balaban J connectivity index is 1.79. The standard InChI is InChI=1S/C20H23N5O2/c1-4-26-17-11-7-5-9-15(17)22-19-13-21-25-20(24-19)23-16-10-6-8-12-18(16)27-14(2)3/h5-14H,4H2,1-3H3,(H2,22,23,24,25).